The van der Waals surface area contributed by atoms with Crippen LogP contribution in [0.2, 0.25) is 0 Å². The lowest BCUT2D eigenvalue weighted by Crippen LogP contribution is -2.59. The topological polar surface area (TPSA) is 29.3 Å². The maximum absolute atomic E-state index is 6.51. The Morgan fingerprint density at radius 2 is 2.18 bits per heavy atom. The molecular weight excluding hydrogens is 208 g/mol. The normalized spacial score (nSPS) is 31.5. The molecule has 2 heteroatoms. The molecule has 0 heterocycles. The zero-order valence-electron chi connectivity index (χ0n) is 12.1. The van der Waals surface area contributed by atoms with E-state index in [1.54, 1.807) is 0 Å². The number of hydrogen-bond acceptors (Lipinski definition) is 2. The smallest absolute Gasteiger partial charge is 0.0356 e. The molecule has 0 aromatic rings. The first kappa shape index (κ1) is 14.7. The lowest BCUT2D eigenvalue weighted by molar-refractivity contribution is 0.0477. The Morgan fingerprint density at radius 1 is 1.53 bits per heavy atom. The number of hydrogen-bond donors (Lipinski definition) is 1. The largest absolute Gasteiger partial charge is 0.326 e. The Balaban J connectivity index is 2.72. The second-order valence-corrected chi connectivity index (χ2v) is 6.30. The van der Waals surface area contributed by atoms with Gasteiger partial charge >= 0.3 is 0 Å². The van der Waals surface area contributed by atoms with Crippen molar-refractivity contribution < 1.29 is 0 Å². The fourth-order valence-electron chi connectivity index (χ4n) is 3.31. The number of likely N-dealkylation sites (N-methyl/N-ethyl adjacent to an activating group) is 1. The first-order valence-electron chi connectivity index (χ1n) is 6.96. The maximum atomic E-state index is 6.51. The van der Waals surface area contributed by atoms with E-state index in [1.807, 2.05) is 0 Å². The summed E-state index contributed by atoms with van der Waals surface area (Å²) in [6.07, 6.45) is 7.31. The zero-order chi connectivity index (χ0) is 13.1. The number of nitrogens with two attached hydrogens (primary N) is 1. The van der Waals surface area contributed by atoms with Gasteiger partial charge in [0.1, 0.15) is 0 Å². The van der Waals surface area contributed by atoms with E-state index < -0.39 is 0 Å². The van der Waals surface area contributed by atoms with Crippen LogP contribution in [-0.4, -0.2) is 30.6 Å². The van der Waals surface area contributed by atoms with Gasteiger partial charge in [0.2, 0.25) is 0 Å². The number of allylic oxidation sites excluding steroid dienone is 1. The highest BCUT2D eigenvalue weighted by Crippen LogP contribution is 2.38. The van der Waals surface area contributed by atoms with Crippen LogP contribution in [0.4, 0.5) is 0 Å². The van der Waals surface area contributed by atoms with E-state index in [0.29, 0.717) is 0 Å². The van der Waals surface area contributed by atoms with Gasteiger partial charge in [-0.1, -0.05) is 25.3 Å². The van der Waals surface area contributed by atoms with Gasteiger partial charge in [0.05, 0.1) is 0 Å². The highest BCUT2D eigenvalue weighted by Gasteiger charge is 2.41. The fourth-order valence-corrected chi connectivity index (χ4v) is 3.31. The quantitative estimate of drug-likeness (QED) is 0.745. The molecule has 0 saturated heterocycles. The van der Waals surface area contributed by atoms with Crippen LogP contribution in [0.15, 0.2) is 12.2 Å². The van der Waals surface area contributed by atoms with E-state index in [4.69, 9.17) is 5.73 Å². The lowest BCUT2D eigenvalue weighted by Gasteiger charge is -2.49. The average molecular weight is 238 g/mol. The van der Waals surface area contributed by atoms with E-state index in [9.17, 15) is 0 Å². The predicted octanol–water partition coefficient (Wildman–Crippen LogP) is 3.18. The van der Waals surface area contributed by atoms with E-state index in [0.717, 1.165) is 18.8 Å². The lowest BCUT2D eigenvalue weighted by atomic mass is 9.70. The summed E-state index contributed by atoms with van der Waals surface area (Å²) >= 11 is 0. The zero-order valence-corrected chi connectivity index (χ0v) is 12.1. The van der Waals surface area contributed by atoms with Gasteiger partial charge < -0.3 is 10.6 Å². The molecule has 1 aliphatic rings. The Bertz CT molecular complexity index is 260. The Morgan fingerprint density at radius 3 is 2.65 bits per heavy atom. The van der Waals surface area contributed by atoms with Crippen molar-refractivity contribution in [3.8, 4) is 0 Å². The van der Waals surface area contributed by atoms with Crippen LogP contribution in [0, 0.1) is 5.92 Å². The molecule has 17 heavy (non-hydrogen) atoms. The van der Waals surface area contributed by atoms with Crippen LogP contribution < -0.4 is 5.73 Å². The van der Waals surface area contributed by atoms with Gasteiger partial charge in [-0.2, -0.15) is 0 Å². The second kappa shape index (κ2) is 6.01. The molecular formula is C15H30N2. The predicted molar refractivity (Wildman–Crippen MR) is 76.1 cm³/mol. The molecule has 0 aromatic carbocycles. The molecule has 0 radical (unpaired) electrons. The molecule has 0 aromatic heterocycles. The van der Waals surface area contributed by atoms with Gasteiger partial charge in [-0.05, 0) is 52.6 Å². The van der Waals surface area contributed by atoms with Gasteiger partial charge in [-0.25, -0.2) is 0 Å². The summed E-state index contributed by atoms with van der Waals surface area (Å²) in [5.74, 6) is 0.807. The minimum Gasteiger partial charge on any atom is -0.326 e. The third-order valence-corrected chi connectivity index (χ3v) is 4.47. The Labute approximate surface area is 107 Å². The SMILES string of the molecule is C=C(C)CCC(N)C1(N(C)C)CCCC(C)C1. The van der Waals surface area contributed by atoms with Crippen LogP contribution >= 0.6 is 0 Å². The van der Waals surface area contributed by atoms with Gasteiger partial charge in [0, 0.05) is 11.6 Å². The average Bonchev–Trinajstić information content (AvgIpc) is 2.25. The fraction of sp³-hybridized carbons (Fsp3) is 0.867. The summed E-state index contributed by atoms with van der Waals surface area (Å²) in [4.78, 5) is 2.38. The molecule has 0 amide bonds. The van der Waals surface area contributed by atoms with Crippen molar-refractivity contribution in [2.45, 2.75) is 64.0 Å². The van der Waals surface area contributed by atoms with Crippen LogP contribution in [0.3, 0.4) is 0 Å². The Hall–Kier alpha value is -0.340. The Kier molecular flexibility index (Phi) is 5.21. The van der Waals surface area contributed by atoms with Gasteiger partial charge in [-0.15, -0.1) is 6.58 Å². The molecule has 0 bridgehead atoms. The number of rotatable bonds is 5. The van der Waals surface area contributed by atoms with Crippen LogP contribution in [-0.2, 0) is 0 Å². The van der Waals surface area contributed by atoms with Crippen LogP contribution in [0.5, 0.6) is 0 Å². The van der Waals surface area contributed by atoms with Crippen molar-refractivity contribution >= 4 is 0 Å². The first-order valence-corrected chi connectivity index (χ1v) is 6.96. The summed E-state index contributed by atoms with van der Waals surface area (Å²) in [7, 11) is 4.39. The summed E-state index contributed by atoms with van der Waals surface area (Å²) in [6, 6.07) is 0.275. The van der Waals surface area contributed by atoms with Crippen LogP contribution in [0.25, 0.3) is 0 Å². The van der Waals surface area contributed by atoms with E-state index in [1.165, 1.54) is 31.3 Å². The number of nitrogens with zero attached hydrogens (tertiary/aromatic N) is 1. The summed E-state index contributed by atoms with van der Waals surface area (Å²) < 4.78 is 0. The molecule has 2 N–H and O–H groups in total. The molecule has 3 unspecified atom stereocenters. The molecule has 100 valence electrons. The van der Waals surface area contributed by atoms with E-state index in [2.05, 4.69) is 39.4 Å². The maximum Gasteiger partial charge on any atom is 0.0356 e. The highest BCUT2D eigenvalue weighted by molar-refractivity contribution is 5.02. The molecule has 0 aliphatic heterocycles. The minimum atomic E-state index is 0.215. The monoisotopic (exact) mass is 238 g/mol. The third-order valence-electron chi connectivity index (χ3n) is 4.47. The third kappa shape index (κ3) is 3.56. The standard InChI is InChI=1S/C15H30N2/c1-12(2)8-9-14(16)15(17(4)5)10-6-7-13(3)11-15/h13-14H,1,6-11,16H2,2-5H3. The van der Waals surface area contributed by atoms with E-state index in [-0.39, 0.29) is 11.6 Å². The van der Waals surface area contributed by atoms with Crippen molar-refractivity contribution in [3.63, 3.8) is 0 Å². The summed E-state index contributed by atoms with van der Waals surface area (Å²) in [6.45, 7) is 8.45. The van der Waals surface area contributed by atoms with Crippen molar-refractivity contribution in [2.75, 3.05) is 14.1 Å². The molecule has 1 fully saturated rings. The minimum absolute atomic E-state index is 0.215. The summed E-state index contributed by atoms with van der Waals surface area (Å²) in [5, 5.41) is 0. The van der Waals surface area contributed by atoms with Gasteiger partial charge in [-0.3, -0.25) is 0 Å². The molecule has 0 spiro atoms. The van der Waals surface area contributed by atoms with Crippen molar-refractivity contribution in [3.05, 3.63) is 12.2 Å². The molecule has 1 aliphatic carbocycles. The molecule has 1 saturated carbocycles. The van der Waals surface area contributed by atoms with Crippen molar-refractivity contribution in [2.24, 2.45) is 11.7 Å². The first-order chi connectivity index (χ1) is 7.88. The molecule has 3 atom stereocenters. The van der Waals surface area contributed by atoms with Gasteiger partial charge in [0.25, 0.3) is 0 Å². The van der Waals surface area contributed by atoms with Crippen LogP contribution in [0.1, 0.15) is 52.4 Å². The highest BCUT2D eigenvalue weighted by atomic mass is 15.2. The summed E-state index contributed by atoms with van der Waals surface area (Å²) in [5.41, 5.74) is 7.98. The van der Waals surface area contributed by atoms with Gasteiger partial charge in [0.15, 0.2) is 0 Å². The molecule has 1 rings (SSSR count). The van der Waals surface area contributed by atoms with E-state index >= 15 is 0 Å². The second-order valence-electron chi connectivity index (χ2n) is 6.30. The van der Waals surface area contributed by atoms with Crippen molar-refractivity contribution in [1.29, 1.82) is 0 Å². The molecule has 2 nitrogen and oxygen atoms in total. The van der Waals surface area contributed by atoms with Crippen molar-refractivity contribution in [1.82, 2.24) is 4.90 Å².